The number of benzene rings is 1. The molecular weight excluding hydrogens is 280 g/mol. The molecule has 4 N–H and O–H groups in total. The van der Waals surface area contributed by atoms with Crippen LogP contribution in [-0.2, 0) is 17.8 Å². The second-order valence-electron chi connectivity index (χ2n) is 4.72. The number of nitrogens with zero attached hydrogens (tertiary/aromatic N) is 1. The van der Waals surface area contributed by atoms with E-state index in [1.54, 1.807) is 18.4 Å². The molecule has 0 saturated carbocycles. The third-order valence-corrected chi connectivity index (χ3v) is 3.00. The molecule has 0 fully saturated rings. The Labute approximate surface area is 129 Å². The minimum Gasteiger partial charge on any atom is -0.467 e. The van der Waals surface area contributed by atoms with Crippen LogP contribution >= 0.6 is 0 Å². The molecule has 2 rings (SSSR count). The third kappa shape index (κ3) is 5.70. The lowest BCUT2D eigenvalue weighted by molar-refractivity contribution is -0.119. The third-order valence-electron chi connectivity index (χ3n) is 3.00. The van der Waals surface area contributed by atoms with Crippen molar-refractivity contribution in [1.29, 1.82) is 0 Å². The molecular formula is C16H20N4O2. The van der Waals surface area contributed by atoms with Crippen molar-refractivity contribution in [2.75, 3.05) is 13.1 Å². The van der Waals surface area contributed by atoms with E-state index in [2.05, 4.69) is 27.8 Å². The van der Waals surface area contributed by atoms with Gasteiger partial charge in [0.2, 0.25) is 5.91 Å². The van der Waals surface area contributed by atoms with Crippen LogP contribution in [0.2, 0.25) is 0 Å². The molecule has 2 aromatic rings. The number of hydrogen-bond acceptors (Lipinski definition) is 3. The average molecular weight is 300 g/mol. The van der Waals surface area contributed by atoms with Crippen LogP contribution in [0.15, 0.2) is 58.1 Å². The van der Waals surface area contributed by atoms with Crippen LogP contribution in [-0.4, -0.2) is 25.0 Å². The highest BCUT2D eigenvalue weighted by molar-refractivity contribution is 5.83. The number of aliphatic imine (C=N–C) groups is 1. The molecule has 0 aliphatic rings. The lowest BCUT2D eigenvalue weighted by atomic mass is 10.1. The lowest BCUT2D eigenvalue weighted by Gasteiger charge is -2.06. The fourth-order valence-electron chi connectivity index (χ4n) is 1.85. The van der Waals surface area contributed by atoms with E-state index < -0.39 is 0 Å². The molecule has 0 bridgehead atoms. The zero-order valence-electron chi connectivity index (χ0n) is 12.3. The first-order valence-electron chi connectivity index (χ1n) is 7.11. The fourth-order valence-corrected chi connectivity index (χ4v) is 1.85. The smallest absolute Gasteiger partial charge is 0.242 e. The van der Waals surface area contributed by atoms with Crippen molar-refractivity contribution in [3.05, 3.63) is 60.1 Å². The Morgan fingerprint density at radius 2 is 1.95 bits per heavy atom. The van der Waals surface area contributed by atoms with Crippen molar-refractivity contribution < 1.29 is 9.21 Å². The van der Waals surface area contributed by atoms with Gasteiger partial charge in [0.25, 0.3) is 0 Å². The molecule has 0 spiro atoms. The van der Waals surface area contributed by atoms with Gasteiger partial charge in [-0.15, -0.1) is 0 Å². The van der Waals surface area contributed by atoms with E-state index in [0.29, 0.717) is 18.8 Å². The predicted molar refractivity (Wildman–Crippen MR) is 85.2 cm³/mol. The quantitative estimate of drug-likeness (QED) is 0.526. The molecule has 0 radical (unpaired) electrons. The van der Waals surface area contributed by atoms with Crippen molar-refractivity contribution in [3.63, 3.8) is 0 Å². The van der Waals surface area contributed by atoms with E-state index in [1.807, 2.05) is 18.2 Å². The number of furan rings is 1. The first-order chi connectivity index (χ1) is 10.7. The average Bonchev–Trinajstić information content (AvgIpc) is 3.05. The molecule has 1 heterocycles. The van der Waals surface area contributed by atoms with Gasteiger partial charge in [-0.2, -0.15) is 0 Å². The van der Waals surface area contributed by atoms with E-state index >= 15 is 0 Å². The van der Waals surface area contributed by atoms with Gasteiger partial charge in [-0.25, -0.2) is 4.99 Å². The van der Waals surface area contributed by atoms with Crippen LogP contribution in [0.1, 0.15) is 11.3 Å². The number of amides is 1. The SMILES string of the molecule is NC(=NCC(=O)NCc1ccco1)NCCc1ccccc1. The maximum atomic E-state index is 11.6. The van der Waals surface area contributed by atoms with Gasteiger partial charge in [-0.1, -0.05) is 30.3 Å². The number of guanidine groups is 1. The molecule has 0 unspecified atom stereocenters. The van der Waals surface area contributed by atoms with Crippen molar-refractivity contribution in [2.24, 2.45) is 10.7 Å². The number of nitrogens with two attached hydrogens (primary N) is 1. The van der Waals surface area contributed by atoms with Gasteiger partial charge >= 0.3 is 0 Å². The molecule has 0 aliphatic heterocycles. The minimum absolute atomic E-state index is 0.00905. The van der Waals surface area contributed by atoms with E-state index in [4.69, 9.17) is 10.2 Å². The van der Waals surface area contributed by atoms with E-state index in [-0.39, 0.29) is 18.4 Å². The molecule has 6 nitrogen and oxygen atoms in total. The summed E-state index contributed by atoms with van der Waals surface area (Å²) in [4.78, 5) is 15.6. The Kier molecular flexibility index (Phi) is 6.04. The topological polar surface area (TPSA) is 92.6 Å². The zero-order valence-corrected chi connectivity index (χ0v) is 12.3. The summed E-state index contributed by atoms with van der Waals surface area (Å²) in [5.74, 6) is 0.763. The minimum atomic E-state index is -0.204. The van der Waals surface area contributed by atoms with Crippen molar-refractivity contribution >= 4 is 11.9 Å². The van der Waals surface area contributed by atoms with Gasteiger partial charge in [0.1, 0.15) is 12.3 Å². The summed E-state index contributed by atoms with van der Waals surface area (Å²) in [7, 11) is 0. The molecule has 6 heteroatoms. The van der Waals surface area contributed by atoms with Crippen LogP contribution in [0.25, 0.3) is 0 Å². The van der Waals surface area contributed by atoms with Crippen LogP contribution < -0.4 is 16.4 Å². The molecule has 1 aromatic heterocycles. The summed E-state index contributed by atoms with van der Waals surface area (Å²) < 4.78 is 5.12. The Morgan fingerprint density at radius 1 is 1.14 bits per heavy atom. The standard InChI is InChI=1S/C16H20N4O2/c17-16(18-9-8-13-5-2-1-3-6-13)20-12-15(21)19-11-14-7-4-10-22-14/h1-7,10H,8-9,11-12H2,(H,19,21)(H3,17,18,20). The summed E-state index contributed by atoms with van der Waals surface area (Å²) >= 11 is 0. The second-order valence-corrected chi connectivity index (χ2v) is 4.72. The fraction of sp³-hybridized carbons (Fsp3) is 0.250. The van der Waals surface area contributed by atoms with E-state index in [9.17, 15) is 4.79 Å². The molecule has 22 heavy (non-hydrogen) atoms. The lowest BCUT2D eigenvalue weighted by Crippen LogP contribution is -2.35. The van der Waals surface area contributed by atoms with Crippen LogP contribution in [0.3, 0.4) is 0 Å². The molecule has 0 aliphatic carbocycles. The van der Waals surface area contributed by atoms with Gasteiger partial charge in [-0.3, -0.25) is 4.79 Å². The van der Waals surface area contributed by atoms with Crippen LogP contribution in [0, 0.1) is 0 Å². The molecule has 0 saturated heterocycles. The maximum absolute atomic E-state index is 11.6. The van der Waals surface area contributed by atoms with E-state index in [1.165, 1.54) is 5.56 Å². The Hall–Kier alpha value is -2.76. The Bertz CT molecular complexity index is 594. The molecule has 1 aromatic carbocycles. The first kappa shape index (κ1) is 15.6. The second kappa shape index (κ2) is 8.51. The highest BCUT2D eigenvalue weighted by Gasteiger charge is 2.02. The summed E-state index contributed by atoms with van der Waals surface area (Å²) in [6.07, 6.45) is 2.41. The maximum Gasteiger partial charge on any atom is 0.242 e. The Balaban J connectivity index is 1.63. The number of hydrogen-bond donors (Lipinski definition) is 3. The monoisotopic (exact) mass is 300 g/mol. The van der Waals surface area contributed by atoms with Gasteiger partial charge < -0.3 is 20.8 Å². The summed E-state index contributed by atoms with van der Waals surface area (Å²) in [5, 5.41) is 5.68. The van der Waals surface area contributed by atoms with Crippen molar-refractivity contribution in [3.8, 4) is 0 Å². The summed E-state index contributed by atoms with van der Waals surface area (Å²) in [6.45, 7) is 1.01. The highest BCUT2D eigenvalue weighted by atomic mass is 16.3. The normalized spacial score (nSPS) is 11.2. The first-order valence-corrected chi connectivity index (χ1v) is 7.11. The summed E-state index contributed by atoms with van der Waals surface area (Å²) in [6, 6.07) is 13.6. The molecule has 0 atom stereocenters. The highest BCUT2D eigenvalue weighted by Crippen LogP contribution is 1.98. The zero-order chi connectivity index (χ0) is 15.6. The van der Waals surface area contributed by atoms with Crippen molar-refractivity contribution in [1.82, 2.24) is 10.6 Å². The molecule has 1 amide bonds. The van der Waals surface area contributed by atoms with Crippen LogP contribution in [0.4, 0.5) is 0 Å². The number of rotatable bonds is 7. The van der Waals surface area contributed by atoms with E-state index in [0.717, 1.165) is 6.42 Å². The van der Waals surface area contributed by atoms with Crippen molar-refractivity contribution in [2.45, 2.75) is 13.0 Å². The largest absolute Gasteiger partial charge is 0.467 e. The van der Waals surface area contributed by atoms with Gasteiger partial charge in [0.05, 0.1) is 12.8 Å². The van der Waals surface area contributed by atoms with Crippen LogP contribution in [0.5, 0.6) is 0 Å². The Morgan fingerprint density at radius 3 is 2.68 bits per heavy atom. The predicted octanol–water partition coefficient (Wildman–Crippen LogP) is 1.04. The van der Waals surface area contributed by atoms with Gasteiger partial charge in [-0.05, 0) is 24.1 Å². The summed E-state index contributed by atoms with van der Waals surface area (Å²) in [5.41, 5.74) is 6.94. The number of carbonyl (C=O) groups is 1. The number of nitrogens with one attached hydrogen (secondary N) is 2. The van der Waals surface area contributed by atoms with Gasteiger partial charge in [0, 0.05) is 6.54 Å². The van der Waals surface area contributed by atoms with Gasteiger partial charge in [0.15, 0.2) is 5.96 Å². The molecule has 116 valence electrons. The number of carbonyl (C=O) groups excluding carboxylic acids is 1.